The van der Waals surface area contributed by atoms with E-state index >= 15 is 0 Å². The van der Waals surface area contributed by atoms with Crippen molar-refractivity contribution in [3.05, 3.63) is 51.5 Å². The number of rotatable bonds is 5. The average Bonchev–Trinajstić information content (AvgIpc) is 3.45. The van der Waals surface area contributed by atoms with E-state index in [0.717, 1.165) is 18.2 Å². The van der Waals surface area contributed by atoms with E-state index in [-0.39, 0.29) is 17.8 Å². The molecule has 1 fully saturated rings. The number of carbonyl (C=O) groups excluding carboxylic acids is 1. The first kappa shape index (κ1) is 23.6. The molecule has 0 aliphatic carbocycles. The van der Waals surface area contributed by atoms with Gasteiger partial charge in [-0.1, -0.05) is 11.2 Å². The zero-order chi connectivity index (χ0) is 23.4. The average molecular weight is 490 g/mol. The largest absolute Gasteiger partial charge is 0.390 e. The molecule has 3 heterocycles. The third-order valence-electron chi connectivity index (χ3n) is 5.58. The molecule has 3 N–H and O–H groups in total. The van der Waals surface area contributed by atoms with Crippen LogP contribution in [0.2, 0.25) is 0 Å². The van der Waals surface area contributed by atoms with E-state index in [0.29, 0.717) is 43.0 Å². The predicted molar refractivity (Wildman–Crippen MR) is 136 cm³/mol. The molecular formula is C23H28FN5O2S2. The fraction of sp³-hybridized carbons (Fsp3) is 0.391. The zero-order valence-electron chi connectivity index (χ0n) is 18.7. The number of nitrogens with one attached hydrogen (secondary N) is 1. The number of amides is 1. The molecule has 1 aromatic heterocycles. The van der Waals surface area contributed by atoms with E-state index in [2.05, 4.69) is 39.8 Å². The number of benzene rings is 1. The van der Waals surface area contributed by atoms with Gasteiger partial charge in [0.1, 0.15) is 17.0 Å². The first-order chi connectivity index (χ1) is 15.9. The summed E-state index contributed by atoms with van der Waals surface area (Å²) in [6, 6.07) is 9.39. The van der Waals surface area contributed by atoms with Crippen LogP contribution in [0.5, 0.6) is 0 Å². The summed E-state index contributed by atoms with van der Waals surface area (Å²) in [7, 11) is 1.54. The molecule has 176 valence electrons. The summed E-state index contributed by atoms with van der Waals surface area (Å²) < 4.78 is 15.0. The number of carbonyl (C=O) groups is 1. The summed E-state index contributed by atoms with van der Waals surface area (Å²) in [4.78, 5) is 23.1. The second-order valence-corrected chi connectivity index (χ2v) is 10.3. The zero-order valence-corrected chi connectivity index (χ0v) is 20.3. The molecule has 1 atom stereocenters. The van der Waals surface area contributed by atoms with Crippen molar-refractivity contribution < 1.29 is 14.0 Å². The lowest BCUT2D eigenvalue weighted by molar-refractivity contribution is -0.119. The highest BCUT2D eigenvalue weighted by Gasteiger charge is 2.25. The summed E-state index contributed by atoms with van der Waals surface area (Å²) in [5.41, 5.74) is 8.27. The third-order valence-corrected chi connectivity index (χ3v) is 7.55. The van der Waals surface area contributed by atoms with Crippen molar-refractivity contribution >= 4 is 50.1 Å². The molecular weight excluding hydrogens is 461 g/mol. The quantitative estimate of drug-likeness (QED) is 0.631. The molecule has 0 radical (unpaired) electrons. The van der Waals surface area contributed by atoms with Gasteiger partial charge in [-0.2, -0.15) is 0 Å². The number of oxime groups is 1. The van der Waals surface area contributed by atoms with Crippen LogP contribution in [0.1, 0.15) is 28.7 Å². The van der Waals surface area contributed by atoms with Gasteiger partial charge in [-0.05, 0) is 31.2 Å². The Morgan fingerprint density at radius 3 is 2.79 bits per heavy atom. The lowest BCUT2D eigenvalue weighted by Crippen LogP contribution is -2.50. The maximum absolute atomic E-state index is 15.0. The molecule has 33 heavy (non-hydrogen) atoms. The standard InChI is InChI=1S/C23H28FN5O2S2/c1-15-3-5-19(33-15)14-32-23(25)29-9-7-28(8-10-29)22-6-4-17(11-20(22)24)21-12-18(31-27-21)13-26-16(2)30/h3-6,11,14,18H,7-10,12-13,25H2,1-2H3,(H,26,30). The Morgan fingerprint density at radius 1 is 1.33 bits per heavy atom. The number of hydrogen-bond acceptors (Lipinski definition) is 5. The van der Waals surface area contributed by atoms with Crippen LogP contribution in [0.15, 0.2) is 35.5 Å². The van der Waals surface area contributed by atoms with Gasteiger partial charge in [0, 0.05) is 60.2 Å². The molecule has 4 rings (SSSR count). The summed E-state index contributed by atoms with van der Waals surface area (Å²) in [5, 5.41) is 9.64. The van der Waals surface area contributed by atoms with E-state index in [1.165, 1.54) is 33.7 Å². The molecule has 0 saturated carbocycles. The van der Waals surface area contributed by atoms with E-state index in [1.807, 2.05) is 11.0 Å². The maximum atomic E-state index is 15.0. The SMILES string of the molecule is CC(=O)NCC1CC(c2ccc(N3CCN(C(N)=S=Cc4ccc(C)s4)CC3)c(F)c2)=NO1. The van der Waals surface area contributed by atoms with Crippen molar-refractivity contribution in [1.82, 2.24) is 10.2 Å². The number of aryl methyl sites for hydroxylation is 1. The molecule has 1 aromatic carbocycles. The lowest BCUT2D eigenvalue weighted by atomic mass is 10.0. The van der Waals surface area contributed by atoms with Crippen LogP contribution in [0.25, 0.3) is 0 Å². The summed E-state index contributed by atoms with van der Waals surface area (Å²) in [6.45, 7) is 6.80. The molecule has 7 nitrogen and oxygen atoms in total. The third kappa shape index (κ3) is 6.08. The van der Waals surface area contributed by atoms with E-state index < -0.39 is 0 Å². The topological polar surface area (TPSA) is 83.2 Å². The van der Waals surface area contributed by atoms with Crippen LogP contribution in [0.3, 0.4) is 0 Å². The van der Waals surface area contributed by atoms with Crippen molar-refractivity contribution in [1.29, 1.82) is 0 Å². The minimum Gasteiger partial charge on any atom is -0.390 e. The Bertz CT molecular complexity index is 1120. The molecule has 2 aliphatic heterocycles. The minimum absolute atomic E-state index is 0.115. The van der Waals surface area contributed by atoms with E-state index in [9.17, 15) is 9.18 Å². The van der Waals surface area contributed by atoms with Crippen LogP contribution in [-0.2, 0) is 9.63 Å². The van der Waals surface area contributed by atoms with Gasteiger partial charge in [0.05, 0.1) is 17.9 Å². The van der Waals surface area contributed by atoms with Crippen LogP contribution in [0.4, 0.5) is 10.1 Å². The molecule has 1 amide bonds. The Labute approximate surface area is 200 Å². The van der Waals surface area contributed by atoms with Gasteiger partial charge in [0.25, 0.3) is 0 Å². The normalized spacial score (nSPS) is 18.5. The molecule has 1 saturated heterocycles. The van der Waals surface area contributed by atoms with Crippen LogP contribution in [-0.4, -0.2) is 65.8 Å². The first-order valence-corrected chi connectivity index (χ1v) is 12.5. The maximum Gasteiger partial charge on any atom is 0.217 e. The van der Waals surface area contributed by atoms with Crippen molar-refractivity contribution in [2.24, 2.45) is 10.9 Å². The van der Waals surface area contributed by atoms with Crippen LogP contribution < -0.4 is 16.0 Å². The molecule has 2 aliphatic rings. The highest BCUT2D eigenvalue weighted by Crippen LogP contribution is 2.25. The van der Waals surface area contributed by atoms with Gasteiger partial charge in [0.2, 0.25) is 5.91 Å². The van der Waals surface area contributed by atoms with Crippen molar-refractivity contribution in [3.8, 4) is 0 Å². The second-order valence-electron chi connectivity index (χ2n) is 8.07. The second kappa shape index (κ2) is 10.6. The summed E-state index contributed by atoms with van der Waals surface area (Å²) in [6.07, 6.45) is 0.312. The number of piperazine rings is 1. The van der Waals surface area contributed by atoms with E-state index in [4.69, 9.17) is 10.6 Å². The summed E-state index contributed by atoms with van der Waals surface area (Å²) in [5.74, 6) is -0.391. The van der Waals surface area contributed by atoms with Gasteiger partial charge < -0.3 is 15.1 Å². The van der Waals surface area contributed by atoms with Gasteiger partial charge in [0.15, 0.2) is 0 Å². The van der Waals surface area contributed by atoms with Crippen molar-refractivity contribution in [2.45, 2.75) is 26.4 Å². The number of nitrogens with zero attached hydrogens (tertiary/aromatic N) is 3. The fourth-order valence-electron chi connectivity index (χ4n) is 3.79. The monoisotopic (exact) mass is 489 g/mol. The Balaban J connectivity index is 1.34. The number of nitrogens with two attached hydrogens (primary N) is 1. The van der Waals surface area contributed by atoms with Crippen LogP contribution >= 0.6 is 22.3 Å². The molecule has 10 heteroatoms. The minimum atomic E-state index is -0.276. The Hall–Kier alpha value is -2.53. The first-order valence-electron chi connectivity index (χ1n) is 10.8. The number of hydrogen-bond donors (Lipinski definition) is 2. The van der Waals surface area contributed by atoms with Crippen molar-refractivity contribution in [3.63, 3.8) is 0 Å². The Kier molecular flexibility index (Phi) is 7.59. The number of anilines is 1. The number of thiophene rings is 1. The molecule has 1 unspecified atom stereocenters. The smallest absolute Gasteiger partial charge is 0.217 e. The van der Waals surface area contributed by atoms with Gasteiger partial charge in [-0.25, -0.2) is 4.39 Å². The number of halogens is 1. The molecule has 0 bridgehead atoms. The lowest BCUT2D eigenvalue weighted by Gasteiger charge is -2.35. The van der Waals surface area contributed by atoms with E-state index in [1.54, 1.807) is 17.4 Å². The van der Waals surface area contributed by atoms with Crippen molar-refractivity contribution in [2.75, 3.05) is 37.6 Å². The van der Waals surface area contributed by atoms with Gasteiger partial charge >= 0.3 is 0 Å². The fourth-order valence-corrected chi connectivity index (χ4v) is 5.41. The Morgan fingerprint density at radius 2 is 2.12 bits per heavy atom. The van der Waals surface area contributed by atoms with Gasteiger partial charge in [-0.15, -0.1) is 22.3 Å². The molecule has 0 spiro atoms. The summed E-state index contributed by atoms with van der Waals surface area (Å²) >= 11 is 1.74. The van der Waals surface area contributed by atoms with Crippen LogP contribution in [0, 0.1) is 12.7 Å². The molecule has 2 aromatic rings. The predicted octanol–water partition coefficient (Wildman–Crippen LogP) is 2.58. The highest BCUT2D eigenvalue weighted by atomic mass is 32.1. The van der Waals surface area contributed by atoms with Gasteiger partial charge in [-0.3, -0.25) is 15.4 Å². The highest BCUT2D eigenvalue weighted by molar-refractivity contribution is 7.97.